The van der Waals surface area contributed by atoms with Crippen molar-refractivity contribution in [2.75, 3.05) is 0 Å². The second-order valence-electron chi connectivity index (χ2n) is 3.65. The van der Waals surface area contributed by atoms with Crippen LogP contribution in [0.1, 0.15) is 0 Å². The van der Waals surface area contributed by atoms with Crippen molar-refractivity contribution in [1.82, 2.24) is 0 Å². The van der Waals surface area contributed by atoms with Crippen molar-refractivity contribution >= 4 is 34.3 Å². The number of nitrogens with zero attached hydrogens (tertiary/aromatic N) is 2. The highest BCUT2D eigenvalue weighted by atomic mass is 35.5. The van der Waals surface area contributed by atoms with Gasteiger partial charge in [0.05, 0.1) is 0 Å². The normalized spacial score (nSPS) is 10.7. The Bertz CT molecular complexity index is 593. The van der Waals surface area contributed by atoms with Gasteiger partial charge in [-0.3, -0.25) is 4.57 Å². The van der Waals surface area contributed by atoms with Gasteiger partial charge in [0, 0.05) is 22.2 Å². The highest BCUT2D eigenvalue weighted by Gasteiger charge is 2.39. The molecular weight excluding hydrogens is 267 g/mol. The van der Waals surface area contributed by atoms with Crippen LogP contribution in [-0.4, -0.2) is 9.70 Å². The maximum absolute atomic E-state index is 13.1. The van der Waals surface area contributed by atoms with Gasteiger partial charge in [-0.25, -0.2) is 0 Å². The molecule has 2 aromatic rings. The van der Waals surface area contributed by atoms with Gasteiger partial charge in [-0.05, 0) is 0 Å². The molecule has 0 bridgehead atoms. The minimum atomic E-state index is -3.25. The minimum absolute atomic E-state index is 0.292. The first-order valence-electron chi connectivity index (χ1n) is 5.29. The van der Waals surface area contributed by atoms with Crippen molar-refractivity contribution in [2.45, 2.75) is 0 Å². The largest absolute Gasteiger partial charge is 0.423 e. The van der Waals surface area contributed by atoms with Crippen LogP contribution in [0.25, 0.3) is 5.53 Å². The van der Waals surface area contributed by atoms with Gasteiger partial charge < -0.3 is 5.53 Å². The Kier molecular flexibility index (Phi) is 3.78. The van der Waals surface area contributed by atoms with Gasteiger partial charge in [0.25, 0.3) is 7.14 Å². The molecule has 0 saturated carbocycles. The smallest absolute Gasteiger partial charge is 0.359 e. The number of halogens is 1. The quantitative estimate of drug-likeness (QED) is 0.368. The Labute approximate surface area is 110 Å². The third kappa shape index (κ3) is 2.16. The monoisotopic (exact) mass is 276 g/mol. The summed E-state index contributed by atoms with van der Waals surface area (Å²) in [6.07, 6.45) is 0. The molecular formula is C13H10ClN2OP. The Morgan fingerprint density at radius 3 is 1.67 bits per heavy atom. The molecule has 0 aliphatic heterocycles. The van der Waals surface area contributed by atoms with E-state index in [-0.39, 0.29) is 4.91 Å². The lowest BCUT2D eigenvalue weighted by Gasteiger charge is -2.11. The molecule has 0 N–H and O–H groups in total. The van der Waals surface area contributed by atoms with E-state index in [9.17, 15) is 4.57 Å². The third-order valence-corrected chi connectivity index (χ3v) is 6.03. The Morgan fingerprint density at radius 1 is 0.944 bits per heavy atom. The van der Waals surface area contributed by atoms with Crippen LogP contribution in [0, 0.1) is 0 Å². The molecule has 2 rings (SSSR count). The Hall–Kier alpha value is -1.66. The van der Waals surface area contributed by atoms with Crippen molar-refractivity contribution in [1.29, 1.82) is 0 Å². The summed E-state index contributed by atoms with van der Waals surface area (Å²) in [5.74, 6) is 0. The summed E-state index contributed by atoms with van der Waals surface area (Å²) in [5, 5.41) is 1.08. The second kappa shape index (κ2) is 5.32. The fourth-order valence-electron chi connectivity index (χ4n) is 1.70. The van der Waals surface area contributed by atoms with Crippen LogP contribution < -0.4 is 10.6 Å². The van der Waals surface area contributed by atoms with Gasteiger partial charge in [0.15, 0.2) is 0 Å². The standard InChI is InChI=1S/C13H10ClN2OP/c14-13(16-15)18(17,11-7-3-1-4-8-11)12-9-5-2-6-10-12/h1-10H. The first kappa shape index (κ1) is 12.8. The lowest BCUT2D eigenvalue weighted by molar-refractivity contribution is 0.00404. The van der Waals surface area contributed by atoms with Crippen LogP contribution in [0.15, 0.2) is 60.7 Å². The molecule has 0 heterocycles. The maximum Gasteiger partial charge on any atom is 0.423 e. The van der Waals surface area contributed by atoms with E-state index < -0.39 is 7.14 Å². The molecule has 0 unspecified atom stereocenters. The molecule has 0 fully saturated rings. The van der Waals surface area contributed by atoms with Crippen molar-refractivity contribution < 1.29 is 9.35 Å². The molecule has 0 atom stereocenters. The maximum atomic E-state index is 13.1. The zero-order valence-electron chi connectivity index (χ0n) is 9.40. The second-order valence-corrected chi connectivity index (χ2v) is 6.95. The average molecular weight is 277 g/mol. The topological polar surface area (TPSA) is 53.5 Å². The van der Waals surface area contributed by atoms with Crippen LogP contribution in [0.3, 0.4) is 0 Å². The summed E-state index contributed by atoms with van der Waals surface area (Å²) in [7, 11) is -3.25. The number of hydrogen-bond donors (Lipinski definition) is 0. The molecule has 0 saturated heterocycles. The molecule has 18 heavy (non-hydrogen) atoms. The molecule has 0 radical (unpaired) electrons. The SMILES string of the molecule is [N-]=[N+]=C(Cl)P(=O)(c1ccccc1)c1ccccc1. The summed E-state index contributed by atoms with van der Waals surface area (Å²) in [4.78, 5) is 2.64. The van der Waals surface area contributed by atoms with Crippen LogP contribution in [0.2, 0.25) is 0 Å². The highest BCUT2D eigenvalue weighted by molar-refractivity contribution is 7.96. The molecule has 3 nitrogen and oxygen atoms in total. The lowest BCUT2D eigenvalue weighted by atomic mass is 10.4. The first-order valence-corrected chi connectivity index (χ1v) is 7.37. The van der Waals surface area contributed by atoms with Crippen LogP contribution in [0.4, 0.5) is 0 Å². The predicted molar refractivity (Wildman–Crippen MR) is 74.2 cm³/mol. The molecule has 5 heteroatoms. The Balaban J connectivity index is 2.71. The molecule has 0 aliphatic rings. The zero-order valence-corrected chi connectivity index (χ0v) is 11.1. The van der Waals surface area contributed by atoms with Crippen LogP contribution in [-0.2, 0) is 4.57 Å². The van der Waals surface area contributed by atoms with Crippen LogP contribution in [0.5, 0.6) is 0 Å². The van der Waals surface area contributed by atoms with Crippen molar-refractivity contribution in [3.63, 3.8) is 0 Å². The molecule has 0 spiro atoms. The van der Waals surface area contributed by atoms with Crippen molar-refractivity contribution in [3.05, 3.63) is 66.2 Å². The fraction of sp³-hybridized carbons (Fsp3) is 0. The third-order valence-electron chi connectivity index (χ3n) is 2.58. The molecule has 90 valence electrons. The van der Waals surface area contributed by atoms with Gasteiger partial charge in [-0.2, -0.15) is 0 Å². The van der Waals surface area contributed by atoms with E-state index in [0.717, 1.165) is 0 Å². The van der Waals surface area contributed by atoms with Gasteiger partial charge in [0.2, 0.25) is 0 Å². The number of rotatable bonds is 3. The summed E-state index contributed by atoms with van der Waals surface area (Å²) in [6.45, 7) is 0. The number of benzene rings is 2. The average Bonchev–Trinajstić information content (AvgIpc) is 2.47. The summed E-state index contributed by atoms with van der Waals surface area (Å²) in [6, 6.07) is 17.6. The van der Waals surface area contributed by atoms with Gasteiger partial charge in [-0.15, -0.1) is 4.79 Å². The van der Waals surface area contributed by atoms with E-state index in [1.54, 1.807) is 48.5 Å². The summed E-state index contributed by atoms with van der Waals surface area (Å²) >= 11 is 5.88. The van der Waals surface area contributed by atoms with E-state index in [4.69, 9.17) is 17.1 Å². The van der Waals surface area contributed by atoms with E-state index in [0.29, 0.717) is 10.6 Å². The summed E-state index contributed by atoms with van der Waals surface area (Å²) < 4.78 is 13.1. The van der Waals surface area contributed by atoms with Gasteiger partial charge in [0.1, 0.15) is 0 Å². The highest BCUT2D eigenvalue weighted by Crippen LogP contribution is 2.45. The fourth-order valence-corrected chi connectivity index (χ4v) is 4.32. The van der Waals surface area contributed by atoms with E-state index in [1.165, 1.54) is 0 Å². The van der Waals surface area contributed by atoms with E-state index in [1.807, 2.05) is 12.1 Å². The zero-order chi connectivity index (χ0) is 13.0. The number of hydrogen-bond acceptors (Lipinski definition) is 1. The first-order chi connectivity index (χ1) is 8.69. The summed E-state index contributed by atoms with van der Waals surface area (Å²) in [5.41, 5.74) is 8.88. The van der Waals surface area contributed by atoms with E-state index >= 15 is 0 Å². The Morgan fingerprint density at radius 2 is 1.33 bits per heavy atom. The van der Waals surface area contributed by atoms with Gasteiger partial charge >= 0.3 is 4.91 Å². The van der Waals surface area contributed by atoms with Crippen LogP contribution >= 0.6 is 18.7 Å². The van der Waals surface area contributed by atoms with Gasteiger partial charge in [-0.1, -0.05) is 60.7 Å². The molecule has 2 aromatic carbocycles. The van der Waals surface area contributed by atoms with E-state index in [2.05, 4.69) is 4.79 Å². The molecule has 0 amide bonds. The lowest BCUT2D eigenvalue weighted by Crippen LogP contribution is -2.20. The minimum Gasteiger partial charge on any atom is -0.359 e. The molecule has 0 aromatic heterocycles. The van der Waals surface area contributed by atoms with Crippen molar-refractivity contribution in [2.24, 2.45) is 0 Å². The predicted octanol–water partition coefficient (Wildman–Crippen LogP) is 2.83. The molecule has 0 aliphatic carbocycles. The van der Waals surface area contributed by atoms with Crippen molar-refractivity contribution in [3.8, 4) is 0 Å².